The average Bonchev–Trinajstić information content (AvgIpc) is 3.03. The van der Waals surface area contributed by atoms with E-state index in [0.717, 1.165) is 25.7 Å². The zero-order chi connectivity index (χ0) is 32.2. The van der Waals surface area contributed by atoms with Crippen molar-refractivity contribution in [2.24, 2.45) is 0 Å². The van der Waals surface area contributed by atoms with Crippen molar-refractivity contribution < 1.29 is 15.0 Å². The van der Waals surface area contributed by atoms with Gasteiger partial charge in [-0.05, 0) is 12.8 Å². The summed E-state index contributed by atoms with van der Waals surface area (Å²) in [4.78, 5) is 12.2. The number of amides is 1. The summed E-state index contributed by atoms with van der Waals surface area (Å²) in [6.45, 7) is 4.31. The largest absolute Gasteiger partial charge is 0.394 e. The zero-order valence-corrected chi connectivity index (χ0v) is 30.2. The van der Waals surface area contributed by atoms with E-state index in [0.29, 0.717) is 12.8 Å². The van der Waals surface area contributed by atoms with Crippen molar-refractivity contribution in [3.8, 4) is 0 Å². The molecule has 0 aliphatic rings. The Hall–Kier alpha value is -0.610. The molecule has 0 aliphatic heterocycles. The molecule has 3 N–H and O–H groups in total. The summed E-state index contributed by atoms with van der Waals surface area (Å²) in [5.41, 5.74) is 0. The number of aliphatic hydroxyl groups is 2. The third-order valence-corrected chi connectivity index (χ3v) is 9.62. The number of hydrogen-bond donors (Lipinski definition) is 3. The lowest BCUT2D eigenvalue weighted by atomic mass is 10.0. The van der Waals surface area contributed by atoms with E-state index >= 15 is 0 Å². The van der Waals surface area contributed by atoms with Gasteiger partial charge >= 0.3 is 0 Å². The van der Waals surface area contributed by atoms with Gasteiger partial charge in [0.2, 0.25) is 5.91 Å². The minimum atomic E-state index is -0.650. The lowest BCUT2D eigenvalue weighted by Crippen LogP contribution is -2.45. The number of hydrogen-bond acceptors (Lipinski definition) is 3. The van der Waals surface area contributed by atoms with E-state index < -0.39 is 12.1 Å². The minimum Gasteiger partial charge on any atom is -0.394 e. The summed E-state index contributed by atoms with van der Waals surface area (Å²) in [5.74, 6) is -0.0383. The first-order valence-electron chi connectivity index (χ1n) is 20.2. The van der Waals surface area contributed by atoms with Crippen LogP contribution in [0.3, 0.4) is 0 Å². The average molecular weight is 624 g/mol. The summed E-state index contributed by atoms with van der Waals surface area (Å²) in [6.07, 6.45) is 43.5. The zero-order valence-electron chi connectivity index (χ0n) is 30.2. The van der Waals surface area contributed by atoms with Gasteiger partial charge in [-0.2, -0.15) is 0 Å². The molecule has 264 valence electrons. The van der Waals surface area contributed by atoms with Crippen molar-refractivity contribution in [2.75, 3.05) is 6.61 Å². The molecule has 2 unspecified atom stereocenters. The van der Waals surface area contributed by atoms with E-state index in [2.05, 4.69) is 19.2 Å². The third kappa shape index (κ3) is 32.8. The molecule has 0 saturated heterocycles. The van der Waals surface area contributed by atoms with Gasteiger partial charge < -0.3 is 15.5 Å². The van der Waals surface area contributed by atoms with E-state index in [1.165, 1.54) is 180 Å². The number of unbranched alkanes of at least 4 members (excludes halogenated alkanes) is 30. The molecule has 1 amide bonds. The minimum absolute atomic E-state index is 0.0383. The van der Waals surface area contributed by atoms with E-state index in [1.54, 1.807) is 0 Å². The molecule has 0 heterocycles. The molecule has 4 heteroatoms. The molecule has 4 nitrogen and oxygen atoms in total. The fourth-order valence-corrected chi connectivity index (χ4v) is 6.48. The van der Waals surface area contributed by atoms with Gasteiger partial charge in [0.05, 0.1) is 18.8 Å². The van der Waals surface area contributed by atoms with Gasteiger partial charge in [0, 0.05) is 6.42 Å². The van der Waals surface area contributed by atoms with Gasteiger partial charge in [0.25, 0.3) is 0 Å². The highest BCUT2D eigenvalue weighted by Crippen LogP contribution is 2.17. The smallest absolute Gasteiger partial charge is 0.220 e. The first-order valence-corrected chi connectivity index (χ1v) is 20.2. The van der Waals surface area contributed by atoms with Crippen LogP contribution >= 0.6 is 0 Å². The van der Waals surface area contributed by atoms with Crippen molar-refractivity contribution in [1.29, 1.82) is 0 Å². The fraction of sp³-hybridized carbons (Fsp3) is 0.975. The van der Waals surface area contributed by atoms with Crippen LogP contribution in [0.4, 0.5) is 0 Å². The predicted octanol–water partition coefficient (Wildman–Crippen LogP) is 12.1. The second-order valence-corrected chi connectivity index (χ2v) is 14.1. The molecule has 0 aromatic heterocycles. The second-order valence-electron chi connectivity index (χ2n) is 14.1. The van der Waals surface area contributed by atoms with E-state index in [9.17, 15) is 15.0 Å². The lowest BCUT2D eigenvalue weighted by molar-refractivity contribution is -0.123. The topological polar surface area (TPSA) is 69.6 Å². The lowest BCUT2D eigenvalue weighted by Gasteiger charge is -2.22. The number of carbonyl (C=O) groups is 1. The Morgan fingerprint density at radius 3 is 1.02 bits per heavy atom. The van der Waals surface area contributed by atoms with Crippen LogP contribution in [-0.2, 0) is 4.79 Å². The van der Waals surface area contributed by atoms with E-state index in [-0.39, 0.29) is 12.5 Å². The van der Waals surface area contributed by atoms with Crippen molar-refractivity contribution in [3.63, 3.8) is 0 Å². The van der Waals surface area contributed by atoms with Crippen LogP contribution < -0.4 is 5.32 Å². The summed E-state index contributed by atoms with van der Waals surface area (Å²) >= 11 is 0. The van der Waals surface area contributed by atoms with Crippen LogP contribution in [-0.4, -0.2) is 34.9 Å². The summed E-state index contributed by atoms with van der Waals surface area (Å²) in [6, 6.07) is -0.526. The highest BCUT2D eigenvalue weighted by molar-refractivity contribution is 5.76. The third-order valence-electron chi connectivity index (χ3n) is 9.62. The maximum atomic E-state index is 12.2. The summed E-state index contributed by atoms with van der Waals surface area (Å²) < 4.78 is 0. The standard InChI is InChI=1S/C40H81NO3/c1-3-5-7-9-11-12-13-14-15-16-17-18-19-20-21-22-23-24-25-26-27-28-29-30-31-33-35-39(43)38(37-42)41-40(44)36-34-32-10-8-6-4-2/h38-39,42-43H,3-37H2,1-2H3,(H,41,44). The number of rotatable bonds is 37. The molecule has 0 bridgehead atoms. The second kappa shape index (κ2) is 36.9. The van der Waals surface area contributed by atoms with Gasteiger partial charge in [0.1, 0.15) is 0 Å². The Kier molecular flexibility index (Phi) is 36.3. The number of nitrogens with one attached hydrogen (secondary N) is 1. The molecule has 0 saturated carbocycles. The maximum Gasteiger partial charge on any atom is 0.220 e. The van der Waals surface area contributed by atoms with Crippen LogP contribution in [0.25, 0.3) is 0 Å². The van der Waals surface area contributed by atoms with Crippen molar-refractivity contribution in [1.82, 2.24) is 5.32 Å². The molecule has 0 radical (unpaired) electrons. The SMILES string of the molecule is CCCCCCCCCCCCCCCCCCCCCCCCCCCCC(O)C(CO)NC(=O)CCCCCCCC. The predicted molar refractivity (Wildman–Crippen MR) is 193 cm³/mol. The van der Waals surface area contributed by atoms with Gasteiger partial charge in [-0.1, -0.05) is 213 Å². The highest BCUT2D eigenvalue weighted by atomic mass is 16.3. The van der Waals surface area contributed by atoms with Gasteiger partial charge in [-0.15, -0.1) is 0 Å². The summed E-state index contributed by atoms with van der Waals surface area (Å²) in [7, 11) is 0. The maximum absolute atomic E-state index is 12.2. The Morgan fingerprint density at radius 1 is 0.455 bits per heavy atom. The Balaban J connectivity index is 3.35. The van der Waals surface area contributed by atoms with Crippen LogP contribution in [0.1, 0.15) is 232 Å². The quantitative estimate of drug-likeness (QED) is 0.0603. The van der Waals surface area contributed by atoms with Crippen LogP contribution in [0, 0.1) is 0 Å². The first kappa shape index (κ1) is 43.4. The van der Waals surface area contributed by atoms with Gasteiger partial charge in [0.15, 0.2) is 0 Å². The Bertz CT molecular complexity index is 555. The van der Waals surface area contributed by atoms with Gasteiger partial charge in [-0.3, -0.25) is 4.79 Å². The molecular formula is C40H81NO3. The normalized spacial score (nSPS) is 12.9. The monoisotopic (exact) mass is 624 g/mol. The Labute approximate surface area is 276 Å². The van der Waals surface area contributed by atoms with E-state index in [4.69, 9.17) is 0 Å². The highest BCUT2D eigenvalue weighted by Gasteiger charge is 2.19. The van der Waals surface area contributed by atoms with Crippen molar-refractivity contribution >= 4 is 5.91 Å². The molecule has 0 aromatic carbocycles. The van der Waals surface area contributed by atoms with E-state index in [1.807, 2.05) is 0 Å². The van der Waals surface area contributed by atoms with Crippen molar-refractivity contribution in [3.05, 3.63) is 0 Å². The number of aliphatic hydroxyl groups excluding tert-OH is 2. The molecule has 44 heavy (non-hydrogen) atoms. The van der Waals surface area contributed by atoms with Crippen LogP contribution in [0.2, 0.25) is 0 Å². The van der Waals surface area contributed by atoms with Crippen molar-refractivity contribution in [2.45, 2.75) is 244 Å². The Morgan fingerprint density at radius 2 is 0.727 bits per heavy atom. The molecule has 0 fully saturated rings. The molecule has 0 spiro atoms. The molecule has 0 rings (SSSR count). The fourth-order valence-electron chi connectivity index (χ4n) is 6.48. The van der Waals surface area contributed by atoms with Crippen LogP contribution in [0.15, 0.2) is 0 Å². The summed E-state index contributed by atoms with van der Waals surface area (Å²) in [5, 5.41) is 22.9. The van der Waals surface area contributed by atoms with Crippen LogP contribution in [0.5, 0.6) is 0 Å². The molecular weight excluding hydrogens is 542 g/mol. The molecule has 0 aliphatic carbocycles. The number of carbonyl (C=O) groups excluding carboxylic acids is 1. The first-order chi connectivity index (χ1) is 21.7. The molecule has 0 aromatic rings. The van der Waals surface area contributed by atoms with Gasteiger partial charge in [-0.25, -0.2) is 0 Å². The molecule has 2 atom stereocenters.